The summed E-state index contributed by atoms with van der Waals surface area (Å²) >= 11 is 0. The summed E-state index contributed by atoms with van der Waals surface area (Å²) in [6.45, 7) is 0. The largest absolute Gasteiger partial charge is 0.305 e. The minimum absolute atomic E-state index is 0.203. The molecule has 5 rings (SSSR count). The van der Waals surface area contributed by atoms with Gasteiger partial charge in [0.2, 0.25) is 0 Å². The molecule has 2 heterocycles. The van der Waals surface area contributed by atoms with Gasteiger partial charge in [0.05, 0.1) is 11.2 Å². The Morgan fingerprint density at radius 1 is 0.926 bits per heavy atom. The molecule has 1 aliphatic rings. The van der Waals surface area contributed by atoms with E-state index in [4.69, 9.17) is 0 Å². The number of benzene rings is 2. The number of hydrogen-bond donors (Lipinski definition) is 1. The summed E-state index contributed by atoms with van der Waals surface area (Å²) in [5.41, 5.74) is 4.53. The van der Waals surface area contributed by atoms with Gasteiger partial charge < -0.3 is 5.32 Å². The summed E-state index contributed by atoms with van der Waals surface area (Å²) in [7, 11) is 0. The van der Waals surface area contributed by atoms with E-state index in [2.05, 4.69) is 15.4 Å². The fourth-order valence-electron chi connectivity index (χ4n) is 3.71. The number of nitrogens with zero attached hydrogens (tertiary/aromatic N) is 3. The summed E-state index contributed by atoms with van der Waals surface area (Å²) in [6, 6.07) is 21.6. The van der Waals surface area contributed by atoms with E-state index >= 15 is 0 Å². The van der Waals surface area contributed by atoms with Gasteiger partial charge in [-0.15, -0.1) is 0 Å². The van der Waals surface area contributed by atoms with Gasteiger partial charge >= 0.3 is 0 Å². The molecular formula is C22H18N4O. The molecule has 0 saturated carbocycles. The molecule has 0 radical (unpaired) electrons. The highest BCUT2D eigenvalue weighted by Gasteiger charge is 2.27. The molecule has 132 valence electrons. The quantitative estimate of drug-likeness (QED) is 0.601. The van der Waals surface area contributed by atoms with Crippen LogP contribution in [0.15, 0.2) is 66.7 Å². The number of nitrogens with one attached hydrogen (secondary N) is 1. The summed E-state index contributed by atoms with van der Waals surface area (Å²) in [4.78, 5) is 17.5. The molecule has 5 nitrogen and oxygen atoms in total. The van der Waals surface area contributed by atoms with Crippen LogP contribution in [0, 0.1) is 0 Å². The Labute approximate surface area is 156 Å². The third-order valence-corrected chi connectivity index (χ3v) is 4.99. The van der Waals surface area contributed by atoms with Crippen LogP contribution in [0.5, 0.6) is 0 Å². The fourth-order valence-corrected chi connectivity index (χ4v) is 3.71. The summed E-state index contributed by atoms with van der Waals surface area (Å²) in [5, 5.41) is 8.60. The Bertz CT molecular complexity index is 1150. The average Bonchev–Trinajstić information content (AvgIpc) is 3.31. The van der Waals surface area contributed by atoms with Gasteiger partial charge in [-0.3, -0.25) is 4.79 Å². The number of rotatable bonds is 3. The van der Waals surface area contributed by atoms with Crippen LogP contribution in [-0.2, 0) is 12.8 Å². The van der Waals surface area contributed by atoms with Crippen LogP contribution < -0.4 is 5.32 Å². The molecular weight excluding hydrogens is 336 g/mol. The molecule has 0 spiro atoms. The molecule has 0 saturated heterocycles. The number of carbonyl (C=O) groups is 1. The second-order valence-electron chi connectivity index (χ2n) is 6.72. The van der Waals surface area contributed by atoms with E-state index in [-0.39, 0.29) is 5.91 Å². The van der Waals surface area contributed by atoms with Gasteiger partial charge in [-0.1, -0.05) is 36.4 Å². The number of para-hydroxylation sites is 2. The Morgan fingerprint density at radius 3 is 2.63 bits per heavy atom. The molecule has 5 heteroatoms. The number of anilines is 1. The minimum Gasteiger partial charge on any atom is -0.305 e. The van der Waals surface area contributed by atoms with Crippen molar-refractivity contribution in [2.24, 2.45) is 0 Å². The van der Waals surface area contributed by atoms with E-state index in [1.165, 1.54) is 0 Å². The van der Waals surface area contributed by atoms with Crippen LogP contribution >= 0.6 is 0 Å². The van der Waals surface area contributed by atoms with Crippen molar-refractivity contribution in [2.45, 2.75) is 19.3 Å². The summed E-state index contributed by atoms with van der Waals surface area (Å²) in [5.74, 6) is 0.338. The highest BCUT2D eigenvalue weighted by Crippen LogP contribution is 2.28. The molecule has 0 aliphatic heterocycles. The molecule has 4 aromatic rings. The maximum atomic E-state index is 12.9. The fraction of sp³-hybridized carbons (Fsp3) is 0.136. The normalized spacial score (nSPS) is 12.9. The van der Waals surface area contributed by atoms with Crippen molar-refractivity contribution in [2.75, 3.05) is 5.32 Å². The highest BCUT2D eigenvalue weighted by molar-refractivity contribution is 6.04. The van der Waals surface area contributed by atoms with E-state index in [1.807, 2.05) is 71.4 Å². The Hall–Kier alpha value is -3.47. The molecule has 0 fully saturated rings. The Balaban J connectivity index is 1.50. The molecule has 0 unspecified atom stereocenters. The van der Waals surface area contributed by atoms with Crippen LogP contribution in [-0.4, -0.2) is 20.7 Å². The molecule has 2 aromatic carbocycles. The van der Waals surface area contributed by atoms with Gasteiger partial charge in [-0.05, 0) is 49.6 Å². The molecule has 27 heavy (non-hydrogen) atoms. The van der Waals surface area contributed by atoms with Gasteiger partial charge in [0, 0.05) is 16.6 Å². The average molecular weight is 354 g/mol. The van der Waals surface area contributed by atoms with Crippen molar-refractivity contribution >= 4 is 22.6 Å². The summed E-state index contributed by atoms with van der Waals surface area (Å²) in [6.07, 6.45) is 2.88. The van der Waals surface area contributed by atoms with E-state index in [1.54, 1.807) is 0 Å². The Kier molecular flexibility index (Phi) is 3.71. The molecule has 0 atom stereocenters. The zero-order chi connectivity index (χ0) is 18.2. The van der Waals surface area contributed by atoms with Gasteiger partial charge in [0.1, 0.15) is 5.82 Å². The zero-order valence-corrected chi connectivity index (χ0v) is 14.7. The highest BCUT2D eigenvalue weighted by atomic mass is 16.2. The predicted octanol–water partition coefficient (Wildman–Crippen LogP) is 4.16. The van der Waals surface area contributed by atoms with Crippen LogP contribution in [0.25, 0.3) is 16.6 Å². The SMILES string of the molecule is O=C(Nc1ccc2ccccc2n1)c1nn(-c2ccccc2)c2c1CCC2. The van der Waals surface area contributed by atoms with Gasteiger partial charge in [0.25, 0.3) is 5.91 Å². The third kappa shape index (κ3) is 2.77. The van der Waals surface area contributed by atoms with Crippen molar-refractivity contribution in [3.8, 4) is 5.69 Å². The smallest absolute Gasteiger partial charge is 0.277 e. The van der Waals surface area contributed by atoms with Gasteiger partial charge in [0.15, 0.2) is 5.69 Å². The zero-order valence-electron chi connectivity index (χ0n) is 14.7. The van der Waals surface area contributed by atoms with Crippen LogP contribution in [0.2, 0.25) is 0 Å². The topological polar surface area (TPSA) is 59.8 Å². The van der Waals surface area contributed by atoms with E-state index in [9.17, 15) is 4.79 Å². The lowest BCUT2D eigenvalue weighted by molar-refractivity contribution is 0.102. The first-order valence-corrected chi connectivity index (χ1v) is 9.13. The first-order chi connectivity index (χ1) is 13.3. The number of fused-ring (bicyclic) bond motifs is 2. The first kappa shape index (κ1) is 15.8. The molecule has 0 bridgehead atoms. The second-order valence-corrected chi connectivity index (χ2v) is 6.72. The lowest BCUT2D eigenvalue weighted by Crippen LogP contribution is -2.15. The van der Waals surface area contributed by atoms with E-state index in [0.717, 1.165) is 47.1 Å². The van der Waals surface area contributed by atoms with E-state index < -0.39 is 0 Å². The monoisotopic (exact) mass is 354 g/mol. The molecule has 1 aliphatic carbocycles. The second kappa shape index (κ2) is 6.36. The van der Waals surface area contributed by atoms with Gasteiger partial charge in [-0.25, -0.2) is 9.67 Å². The van der Waals surface area contributed by atoms with Crippen molar-refractivity contribution in [1.82, 2.24) is 14.8 Å². The van der Waals surface area contributed by atoms with E-state index in [0.29, 0.717) is 11.5 Å². The molecule has 1 amide bonds. The maximum Gasteiger partial charge on any atom is 0.277 e. The number of pyridine rings is 1. The van der Waals surface area contributed by atoms with Crippen molar-refractivity contribution < 1.29 is 4.79 Å². The lowest BCUT2D eigenvalue weighted by Gasteiger charge is -2.06. The molecule has 2 aromatic heterocycles. The van der Waals surface area contributed by atoms with Crippen LogP contribution in [0.4, 0.5) is 5.82 Å². The van der Waals surface area contributed by atoms with Crippen LogP contribution in [0.3, 0.4) is 0 Å². The number of carbonyl (C=O) groups excluding carboxylic acids is 1. The lowest BCUT2D eigenvalue weighted by atomic mass is 10.2. The van der Waals surface area contributed by atoms with Crippen molar-refractivity contribution in [3.63, 3.8) is 0 Å². The standard InChI is InChI=1S/C22H18N4O/c27-22(24-20-14-13-15-7-4-5-11-18(15)23-20)21-17-10-6-12-19(17)26(25-21)16-8-2-1-3-9-16/h1-5,7-9,11,13-14H,6,10,12H2,(H,23,24,27). The first-order valence-electron chi connectivity index (χ1n) is 9.13. The third-order valence-electron chi connectivity index (χ3n) is 4.99. The number of amides is 1. The Morgan fingerprint density at radius 2 is 1.74 bits per heavy atom. The van der Waals surface area contributed by atoms with Gasteiger partial charge in [-0.2, -0.15) is 5.10 Å². The summed E-state index contributed by atoms with van der Waals surface area (Å²) < 4.78 is 1.91. The number of aromatic nitrogens is 3. The van der Waals surface area contributed by atoms with Crippen LogP contribution in [0.1, 0.15) is 28.2 Å². The maximum absolute atomic E-state index is 12.9. The minimum atomic E-state index is -0.203. The van der Waals surface area contributed by atoms with Crippen molar-refractivity contribution in [1.29, 1.82) is 0 Å². The predicted molar refractivity (Wildman–Crippen MR) is 105 cm³/mol. The number of hydrogen-bond acceptors (Lipinski definition) is 3. The van der Waals surface area contributed by atoms with Crippen molar-refractivity contribution in [3.05, 3.63) is 83.7 Å². The molecule has 1 N–H and O–H groups in total.